The number of unbranched alkanes of at least 4 members (excludes halogenated alkanes) is 8. The summed E-state index contributed by atoms with van der Waals surface area (Å²) in [4.78, 5) is 23.7. The van der Waals surface area contributed by atoms with E-state index in [0.29, 0.717) is 41.5 Å². The van der Waals surface area contributed by atoms with Crippen LogP contribution in [0.5, 0.6) is 17.2 Å². The van der Waals surface area contributed by atoms with Crippen LogP contribution >= 0.6 is 0 Å². The maximum absolute atomic E-state index is 12.2. The van der Waals surface area contributed by atoms with Crippen molar-refractivity contribution in [3.63, 3.8) is 0 Å². The van der Waals surface area contributed by atoms with Crippen molar-refractivity contribution in [3.8, 4) is 17.2 Å². The van der Waals surface area contributed by atoms with E-state index in [1.807, 2.05) is 24.3 Å². The van der Waals surface area contributed by atoms with E-state index in [9.17, 15) is 27.9 Å². The van der Waals surface area contributed by atoms with Crippen molar-refractivity contribution in [2.24, 2.45) is 0 Å². The summed E-state index contributed by atoms with van der Waals surface area (Å²) in [6, 6.07) is 16.6. The number of carbonyl (C=O) groups excluding carboxylic acids is 1. The van der Waals surface area contributed by atoms with Crippen LogP contribution in [0.15, 0.2) is 66.7 Å². The second-order valence-electron chi connectivity index (χ2n) is 11.6. The Kier molecular flexibility index (Phi) is 15.6. The number of halogens is 3. The average molecular weight is 671 g/mol. The van der Waals surface area contributed by atoms with Crippen molar-refractivity contribution < 1.29 is 42.1 Å². The quantitative estimate of drug-likeness (QED) is 0.0336. The molecule has 0 aliphatic heterocycles. The molecule has 0 fully saturated rings. The van der Waals surface area contributed by atoms with Gasteiger partial charge in [-0.3, -0.25) is 0 Å². The van der Waals surface area contributed by atoms with E-state index in [-0.39, 0.29) is 18.6 Å². The summed E-state index contributed by atoms with van der Waals surface area (Å²) in [5.74, 6) is -0.118. The zero-order valence-corrected chi connectivity index (χ0v) is 27.1. The Morgan fingerprint density at radius 2 is 1.23 bits per heavy atom. The van der Waals surface area contributed by atoms with E-state index in [2.05, 4.69) is 0 Å². The first kappa shape index (κ1) is 37.8. The molecular formula is C37H45F3N2O6. The van der Waals surface area contributed by atoms with Crippen molar-refractivity contribution in [3.05, 3.63) is 83.4 Å². The fraction of sp³-hybridized carbons (Fsp3) is 0.405. The summed E-state index contributed by atoms with van der Waals surface area (Å²) in [5.41, 5.74) is 14.2. The number of rotatable bonds is 21. The molecule has 0 bridgehead atoms. The summed E-state index contributed by atoms with van der Waals surface area (Å²) in [5, 5.41) is 9.41. The molecule has 0 aliphatic carbocycles. The number of benzene rings is 3. The van der Waals surface area contributed by atoms with Gasteiger partial charge in [-0.1, -0.05) is 57.1 Å². The van der Waals surface area contributed by atoms with Gasteiger partial charge in [0.25, 0.3) is 0 Å². The number of nitrogen functional groups attached to an aromatic ring is 2. The molecule has 0 unspecified atom stereocenters. The number of aromatic carboxylic acids is 1. The SMILES string of the molecule is Nc1cc(N)c(CCCCCCCCCCCOc2ccc(/C=C/C(=O)Oc3ccc(OCCCC(F)(F)F)cc3)cc2)c(C(=O)O)c1. The van der Waals surface area contributed by atoms with Crippen molar-refractivity contribution in [1.29, 1.82) is 0 Å². The maximum atomic E-state index is 12.2. The van der Waals surface area contributed by atoms with Crippen LogP contribution in [0.4, 0.5) is 24.5 Å². The molecule has 8 nitrogen and oxygen atoms in total. The lowest BCUT2D eigenvalue weighted by Gasteiger charge is -2.11. The molecule has 5 N–H and O–H groups in total. The largest absolute Gasteiger partial charge is 0.494 e. The minimum atomic E-state index is -4.20. The molecule has 3 aromatic carbocycles. The molecule has 0 aliphatic rings. The highest BCUT2D eigenvalue weighted by Gasteiger charge is 2.26. The van der Waals surface area contributed by atoms with E-state index >= 15 is 0 Å². The maximum Gasteiger partial charge on any atom is 0.389 e. The third-order valence-corrected chi connectivity index (χ3v) is 7.58. The number of carbonyl (C=O) groups is 2. The average Bonchev–Trinajstić information content (AvgIpc) is 3.04. The highest BCUT2D eigenvalue weighted by molar-refractivity contribution is 5.92. The van der Waals surface area contributed by atoms with Crippen LogP contribution < -0.4 is 25.7 Å². The summed E-state index contributed by atoms with van der Waals surface area (Å²) in [6.45, 7) is 0.575. The smallest absolute Gasteiger partial charge is 0.389 e. The fourth-order valence-corrected chi connectivity index (χ4v) is 5.07. The van der Waals surface area contributed by atoms with Crippen LogP contribution in [-0.2, 0) is 11.2 Å². The van der Waals surface area contributed by atoms with Gasteiger partial charge >= 0.3 is 18.1 Å². The zero-order valence-electron chi connectivity index (χ0n) is 27.1. The number of hydrogen-bond acceptors (Lipinski definition) is 7. The predicted octanol–water partition coefficient (Wildman–Crippen LogP) is 9.02. The van der Waals surface area contributed by atoms with Gasteiger partial charge in [0.15, 0.2) is 0 Å². The van der Waals surface area contributed by atoms with Gasteiger partial charge in [-0.15, -0.1) is 0 Å². The second-order valence-corrected chi connectivity index (χ2v) is 11.6. The number of carboxylic acid groups (broad SMARTS) is 1. The predicted molar refractivity (Wildman–Crippen MR) is 181 cm³/mol. The van der Waals surface area contributed by atoms with E-state index in [4.69, 9.17) is 25.7 Å². The molecule has 48 heavy (non-hydrogen) atoms. The molecule has 0 radical (unpaired) electrons. The van der Waals surface area contributed by atoms with Crippen LogP contribution in [0.25, 0.3) is 6.08 Å². The zero-order chi connectivity index (χ0) is 34.8. The lowest BCUT2D eigenvalue weighted by molar-refractivity contribution is -0.136. The molecule has 0 heterocycles. The van der Waals surface area contributed by atoms with E-state index in [1.165, 1.54) is 49.2 Å². The number of anilines is 2. The number of nitrogens with two attached hydrogens (primary N) is 2. The van der Waals surface area contributed by atoms with Crippen LogP contribution in [0.2, 0.25) is 0 Å². The Morgan fingerprint density at radius 1 is 0.708 bits per heavy atom. The molecule has 3 rings (SSSR count). The van der Waals surface area contributed by atoms with Crippen LogP contribution in [0.1, 0.15) is 92.1 Å². The molecule has 0 atom stereocenters. The lowest BCUT2D eigenvalue weighted by Crippen LogP contribution is -2.09. The van der Waals surface area contributed by atoms with Crippen LogP contribution in [-0.4, -0.2) is 36.4 Å². The first-order valence-electron chi connectivity index (χ1n) is 16.3. The van der Waals surface area contributed by atoms with E-state index in [0.717, 1.165) is 56.3 Å². The first-order valence-corrected chi connectivity index (χ1v) is 16.3. The van der Waals surface area contributed by atoms with Crippen LogP contribution in [0.3, 0.4) is 0 Å². The number of carboxylic acids is 1. The van der Waals surface area contributed by atoms with Crippen molar-refractivity contribution in [1.82, 2.24) is 0 Å². The fourth-order valence-electron chi connectivity index (χ4n) is 5.07. The molecule has 260 valence electrons. The van der Waals surface area contributed by atoms with Gasteiger partial charge in [-0.2, -0.15) is 13.2 Å². The van der Waals surface area contributed by atoms with Crippen LogP contribution in [0, 0.1) is 0 Å². The topological polar surface area (TPSA) is 134 Å². The molecule has 0 saturated heterocycles. The normalized spacial score (nSPS) is 11.5. The number of alkyl halides is 3. The molecule has 3 aromatic rings. The molecule has 0 aromatic heterocycles. The molecular weight excluding hydrogens is 625 g/mol. The lowest BCUT2D eigenvalue weighted by atomic mass is 9.98. The Morgan fingerprint density at radius 3 is 1.81 bits per heavy atom. The van der Waals surface area contributed by atoms with Gasteiger partial charge < -0.3 is 30.8 Å². The molecule has 11 heteroatoms. The van der Waals surface area contributed by atoms with Gasteiger partial charge in [0, 0.05) is 23.9 Å². The molecule has 0 spiro atoms. The van der Waals surface area contributed by atoms with Gasteiger partial charge in [0.2, 0.25) is 0 Å². The number of esters is 1. The third-order valence-electron chi connectivity index (χ3n) is 7.58. The van der Waals surface area contributed by atoms with E-state index in [1.54, 1.807) is 12.1 Å². The highest BCUT2D eigenvalue weighted by Crippen LogP contribution is 2.25. The van der Waals surface area contributed by atoms with Gasteiger partial charge in [0.05, 0.1) is 18.8 Å². The minimum absolute atomic E-state index is 0.0554. The van der Waals surface area contributed by atoms with Crippen molar-refractivity contribution >= 4 is 29.4 Å². The number of ether oxygens (including phenoxy) is 3. The van der Waals surface area contributed by atoms with Crippen molar-refractivity contribution in [2.75, 3.05) is 24.7 Å². The van der Waals surface area contributed by atoms with Crippen molar-refractivity contribution in [2.45, 2.75) is 83.2 Å². The third kappa shape index (κ3) is 14.8. The Labute approximate surface area is 279 Å². The van der Waals surface area contributed by atoms with E-state index < -0.39 is 24.5 Å². The summed E-state index contributed by atoms with van der Waals surface area (Å²) < 4.78 is 53.0. The second kappa shape index (κ2) is 19.9. The standard InChI is InChI=1S/C37H45F3N2O6/c38-37(39,40)22-10-24-47-30-17-19-31(20-18-30)48-35(43)21-14-27-12-15-29(16-13-27)46-23-9-7-5-3-1-2-4-6-8-11-32-33(36(44)45)25-28(41)26-34(32)42/h12-21,25-26H,1-11,22-24,41-42H2,(H,44,45)/b21-14+. The molecule has 0 saturated carbocycles. The Balaban J connectivity index is 1.20. The van der Waals surface area contributed by atoms with Gasteiger partial charge in [0.1, 0.15) is 17.2 Å². The molecule has 0 amide bonds. The monoisotopic (exact) mass is 670 g/mol. The van der Waals surface area contributed by atoms with Gasteiger partial charge in [-0.05, 0) is 91.4 Å². The summed E-state index contributed by atoms with van der Waals surface area (Å²) >= 11 is 0. The Hall–Kier alpha value is -4.67. The van der Waals surface area contributed by atoms with Gasteiger partial charge in [-0.25, -0.2) is 9.59 Å². The first-order chi connectivity index (χ1) is 23.0. The summed E-state index contributed by atoms with van der Waals surface area (Å²) in [6.07, 6.45) is 8.09. The summed E-state index contributed by atoms with van der Waals surface area (Å²) in [7, 11) is 0. The number of hydrogen-bond donors (Lipinski definition) is 3. The Bertz CT molecular complexity index is 1460. The highest BCUT2D eigenvalue weighted by atomic mass is 19.4. The minimum Gasteiger partial charge on any atom is -0.494 e.